The van der Waals surface area contributed by atoms with Crippen molar-refractivity contribution in [2.24, 2.45) is 0 Å². The molecule has 1 aromatic carbocycles. The van der Waals surface area contributed by atoms with Crippen molar-refractivity contribution in [3.8, 4) is 5.75 Å². The molecule has 0 bridgehead atoms. The van der Waals surface area contributed by atoms with Crippen LogP contribution in [0.25, 0.3) is 0 Å². The zero-order chi connectivity index (χ0) is 20.3. The van der Waals surface area contributed by atoms with Gasteiger partial charge in [-0.2, -0.15) is 4.31 Å². The second-order valence-electron chi connectivity index (χ2n) is 6.18. The first-order valence-corrected chi connectivity index (χ1v) is 11.0. The molecule has 0 saturated carbocycles. The Morgan fingerprint density at radius 3 is 2.57 bits per heavy atom. The number of nitrogens with one attached hydrogen (secondary N) is 2. The van der Waals surface area contributed by atoms with Gasteiger partial charge in [0.1, 0.15) is 16.8 Å². The zero-order valence-corrected chi connectivity index (χ0v) is 17.1. The predicted octanol–water partition coefficient (Wildman–Crippen LogP) is 1.91. The Hall–Kier alpha value is -2.43. The average molecular weight is 424 g/mol. The molecule has 1 aromatic heterocycles. The molecule has 1 fully saturated rings. The van der Waals surface area contributed by atoms with Crippen molar-refractivity contribution >= 4 is 38.2 Å². The van der Waals surface area contributed by atoms with Gasteiger partial charge in [0, 0.05) is 13.6 Å². The van der Waals surface area contributed by atoms with Crippen molar-refractivity contribution in [3.63, 3.8) is 0 Å². The highest BCUT2D eigenvalue weighted by atomic mass is 32.2. The number of anilines is 1. The van der Waals surface area contributed by atoms with E-state index in [2.05, 4.69) is 10.6 Å². The van der Waals surface area contributed by atoms with Crippen LogP contribution in [0.5, 0.6) is 5.75 Å². The van der Waals surface area contributed by atoms with Gasteiger partial charge >= 0.3 is 0 Å². The van der Waals surface area contributed by atoms with Crippen molar-refractivity contribution in [2.45, 2.75) is 23.8 Å². The maximum atomic E-state index is 13.0. The number of ether oxygens (including phenoxy) is 1. The van der Waals surface area contributed by atoms with E-state index in [1.54, 1.807) is 23.6 Å². The van der Waals surface area contributed by atoms with E-state index >= 15 is 0 Å². The lowest BCUT2D eigenvalue weighted by Gasteiger charge is -2.23. The number of thiophene rings is 1. The van der Waals surface area contributed by atoms with Crippen LogP contribution in [0, 0.1) is 0 Å². The summed E-state index contributed by atoms with van der Waals surface area (Å²) < 4.78 is 32.3. The molecule has 150 valence electrons. The smallest absolute Gasteiger partial charge is 0.254 e. The van der Waals surface area contributed by atoms with Crippen LogP contribution in [-0.4, -0.2) is 51.3 Å². The second-order valence-corrected chi connectivity index (χ2v) is 8.99. The fourth-order valence-corrected chi connectivity index (χ4v) is 5.53. The molecule has 0 spiro atoms. The maximum Gasteiger partial charge on any atom is 0.254 e. The highest BCUT2D eigenvalue weighted by molar-refractivity contribution is 7.89. The van der Waals surface area contributed by atoms with Gasteiger partial charge in [0.15, 0.2) is 0 Å². The summed E-state index contributed by atoms with van der Waals surface area (Å²) in [6.45, 7) is 0.263. The molecule has 3 rings (SSSR count). The number of benzene rings is 1. The third-order valence-electron chi connectivity index (χ3n) is 4.55. The van der Waals surface area contributed by atoms with E-state index in [-0.39, 0.29) is 17.3 Å². The van der Waals surface area contributed by atoms with Gasteiger partial charge in [-0.3, -0.25) is 9.59 Å². The van der Waals surface area contributed by atoms with Crippen molar-refractivity contribution in [1.29, 1.82) is 0 Å². The standard InChI is InChI=1S/C18H21N3O5S2/c1-19-16(22)14-9-11-27-18(14)20-17(23)15-4-3-10-21(15)28(24,25)13-7-5-12(26-2)6-8-13/h5-9,11,15H,3-4,10H2,1-2H3,(H,19,22)(H,20,23). The number of hydrogen-bond donors (Lipinski definition) is 2. The van der Waals surface area contributed by atoms with Crippen molar-refractivity contribution in [1.82, 2.24) is 9.62 Å². The van der Waals surface area contributed by atoms with E-state index in [1.165, 1.54) is 41.9 Å². The van der Waals surface area contributed by atoms with Crippen LogP contribution in [0.1, 0.15) is 23.2 Å². The monoisotopic (exact) mass is 423 g/mol. The fourth-order valence-electron chi connectivity index (χ4n) is 3.09. The normalized spacial score (nSPS) is 17.3. The van der Waals surface area contributed by atoms with E-state index in [0.717, 1.165) is 0 Å². The number of carbonyl (C=O) groups excluding carboxylic acids is 2. The highest BCUT2D eigenvalue weighted by Gasteiger charge is 2.39. The molecule has 1 unspecified atom stereocenters. The Labute approximate surface area is 167 Å². The predicted molar refractivity (Wildman–Crippen MR) is 106 cm³/mol. The molecule has 1 atom stereocenters. The summed E-state index contributed by atoms with van der Waals surface area (Å²) in [5, 5.41) is 7.32. The van der Waals surface area contributed by atoms with Crippen LogP contribution in [0.4, 0.5) is 5.00 Å². The third-order valence-corrected chi connectivity index (χ3v) is 7.30. The van der Waals surface area contributed by atoms with Gasteiger partial charge in [-0.25, -0.2) is 8.42 Å². The minimum Gasteiger partial charge on any atom is -0.497 e. The summed E-state index contributed by atoms with van der Waals surface area (Å²) >= 11 is 1.21. The molecule has 2 amide bonds. The van der Waals surface area contributed by atoms with Crippen LogP contribution >= 0.6 is 11.3 Å². The Morgan fingerprint density at radius 1 is 1.21 bits per heavy atom. The maximum absolute atomic E-state index is 13.0. The van der Waals surface area contributed by atoms with E-state index in [9.17, 15) is 18.0 Å². The van der Waals surface area contributed by atoms with E-state index in [4.69, 9.17) is 4.74 Å². The number of methoxy groups -OCH3 is 1. The van der Waals surface area contributed by atoms with Crippen molar-refractivity contribution in [2.75, 3.05) is 26.0 Å². The number of amides is 2. The lowest BCUT2D eigenvalue weighted by Crippen LogP contribution is -2.43. The van der Waals surface area contributed by atoms with Gasteiger partial charge in [0.25, 0.3) is 5.91 Å². The number of sulfonamides is 1. The van der Waals surface area contributed by atoms with Crippen molar-refractivity contribution in [3.05, 3.63) is 41.3 Å². The second kappa shape index (κ2) is 8.29. The number of rotatable bonds is 6. The quantitative estimate of drug-likeness (QED) is 0.739. The van der Waals surface area contributed by atoms with Crippen LogP contribution in [0.2, 0.25) is 0 Å². The molecule has 1 saturated heterocycles. The van der Waals surface area contributed by atoms with Gasteiger partial charge in [-0.15, -0.1) is 11.3 Å². The van der Waals surface area contributed by atoms with Crippen molar-refractivity contribution < 1.29 is 22.7 Å². The molecule has 0 radical (unpaired) electrons. The lowest BCUT2D eigenvalue weighted by molar-refractivity contribution is -0.119. The molecule has 2 N–H and O–H groups in total. The first kappa shape index (κ1) is 20.3. The summed E-state index contributed by atoms with van der Waals surface area (Å²) in [6, 6.07) is 6.85. The molecule has 1 aliphatic heterocycles. The van der Waals surface area contributed by atoms with Crippen LogP contribution < -0.4 is 15.4 Å². The van der Waals surface area contributed by atoms with Gasteiger partial charge in [-0.1, -0.05) is 0 Å². The largest absolute Gasteiger partial charge is 0.497 e. The lowest BCUT2D eigenvalue weighted by atomic mass is 10.2. The summed E-state index contributed by atoms with van der Waals surface area (Å²) in [5.74, 6) is -0.207. The molecular weight excluding hydrogens is 402 g/mol. The summed E-state index contributed by atoms with van der Waals surface area (Å²) in [4.78, 5) is 24.8. The molecule has 28 heavy (non-hydrogen) atoms. The van der Waals surface area contributed by atoms with E-state index in [1.807, 2.05) is 0 Å². The molecule has 0 aliphatic carbocycles. The van der Waals surface area contributed by atoms with Gasteiger partial charge < -0.3 is 15.4 Å². The molecule has 1 aliphatic rings. The van der Waals surface area contributed by atoms with Gasteiger partial charge in [0.2, 0.25) is 15.9 Å². The fraction of sp³-hybridized carbons (Fsp3) is 0.333. The number of hydrogen-bond acceptors (Lipinski definition) is 6. The molecular formula is C18H21N3O5S2. The SMILES string of the molecule is CNC(=O)c1ccsc1NC(=O)C1CCCN1S(=O)(=O)c1ccc(OC)cc1. The van der Waals surface area contributed by atoms with Crippen LogP contribution in [0.3, 0.4) is 0 Å². The topological polar surface area (TPSA) is 105 Å². The molecule has 2 heterocycles. The first-order valence-electron chi connectivity index (χ1n) is 8.65. The molecule has 10 heteroatoms. The summed E-state index contributed by atoms with van der Waals surface area (Å²) in [5.41, 5.74) is 0.350. The minimum absolute atomic E-state index is 0.107. The minimum atomic E-state index is -3.83. The number of nitrogens with zero attached hydrogens (tertiary/aromatic N) is 1. The summed E-state index contributed by atoms with van der Waals surface area (Å²) in [6.07, 6.45) is 1.00. The Morgan fingerprint density at radius 2 is 1.93 bits per heavy atom. The highest BCUT2D eigenvalue weighted by Crippen LogP contribution is 2.29. The van der Waals surface area contributed by atoms with E-state index in [0.29, 0.717) is 29.2 Å². The average Bonchev–Trinajstić information content (AvgIpc) is 3.37. The zero-order valence-electron chi connectivity index (χ0n) is 15.5. The summed E-state index contributed by atoms with van der Waals surface area (Å²) in [7, 11) is -0.819. The van der Waals surface area contributed by atoms with Gasteiger partial charge in [-0.05, 0) is 48.6 Å². The van der Waals surface area contributed by atoms with Gasteiger partial charge in [0.05, 0.1) is 17.6 Å². The first-order chi connectivity index (χ1) is 13.4. The Bertz CT molecular complexity index is 969. The molecule has 8 nitrogen and oxygen atoms in total. The Kier molecular flexibility index (Phi) is 6.01. The molecule has 2 aromatic rings. The van der Waals surface area contributed by atoms with Crippen LogP contribution in [-0.2, 0) is 14.8 Å². The third kappa shape index (κ3) is 3.89. The van der Waals surface area contributed by atoms with Crippen LogP contribution in [0.15, 0.2) is 40.6 Å². The van der Waals surface area contributed by atoms with E-state index < -0.39 is 22.0 Å². The number of carbonyl (C=O) groups is 2. The Balaban J connectivity index is 1.81.